The highest BCUT2D eigenvalue weighted by Gasteiger charge is 2.06. The van der Waals surface area contributed by atoms with Gasteiger partial charge in [0.05, 0.1) is 25.2 Å². The Morgan fingerprint density at radius 2 is 2.27 bits per heavy atom. The molecule has 0 radical (unpaired) electrons. The van der Waals surface area contributed by atoms with Gasteiger partial charge in [-0.1, -0.05) is 12.2 Å². The Balaban J connectivity index is 2.58. The van der Waals surface area contributed by atoms with Gasteiger partial charge in [-0.05, 0) is 12.1 Å². The Hall–Kier alpha value is -1.75. The van der Waals surface area contributed by atoms with Gasteiger partial charge in [0, 0.05) is 6.20 Å². The molecular weight excluding hydrogens is 210 g/mol. The second-order valence-corrected chi connectivity index (χ2v) is 3.30. The fourth-order valence-electron chi connectivity index (χ4n) is 1.25. The highest BCUT2D eigenvalue weighted by molar-refractivity contribution is 7.71. The lowest BCUT2D eigenvalue weighted by molar-refractivity contribution is 0.414. The van der Waals surface area contributed by atoms with Gasteiger partial charge in [0.2, 0.25) is 0 Å². The third-order valence-corrected chi connectivity index (χ3v) is 2.11. The summed E-state index contributed by atoms with van der Waals surface area (Å²) in [7, 11) is 1.60. The molecule has 0 aliphatic heterocycles. The van der Waals surface area contributed by atoms with Crippen LogP contribution in [0, 0.1) is 4.64 Å². The van der Waals surface area contributed by atoms with Gasteiger partial charge < -0.3 is 9.72 Å². The maximum atomic E-state index is 5.20. The predicted molar refractivity (Wildman–Crippen MR) is 59.2 cm³/mol. The van der Waals surface area contributed by atoms with Crippen LogP contribution in [0.2, 0.25) is 0 Å². The highest BCUT2D eigenvalue weighted by atomic mass is 32.1. The zero-order chi connectivity index (χ0) is 10.7. The molecule has 0 spiro atoms. The van der Waals surface area contributed by atoms with E-state index in [1.54, 1.807) is 25.7 Å². The topological polar surface area (TPSA) is 50.8 Å². The third kappa shape index (κ3) is 2.02. The second-order valence-electron chi connectivity index (χ2n) is 2.86. The third-order valence-electron chi connectivity index (χ3n) is 1.90. The molecule has 2 aromatic rings. The molecule has 0 fully saturated rings. The standard InChI is InChI=1S/C10H9N3OS/c1-14-8-3-2-4-12-10(8)7-5-11-6-9(15)13-7/h2-6H,1H3,(H,13,15). The van der Waals surface area contributed by atoms with Gasteiger partial charge in [-0.25, -0.2) is 0 Å². The van der Waals surface area contributed by atoms with Crippen LogP contribution in [-0.2, 0) is 0 Å². The molecule has 2 heterocycles. The van der Waals surface area contributed by atoms with Gasteiger partial charge in [0.25, 0.3) is 0 Å². The number of rotatable bonds is 2. The summed E-state index contributed by atoms with van der Waals surface area (Å²) in [5, 5.41) is 0. The van der Waals surface area contributed by atoms with Crippen molar-refractivity contribution < 1.29 is 4.74 Å². The normalized spacial score (nSPS) is 9.93. The van der Waals surface area contributed by atoms with Crippen molar-refractivity contribution in [2.45, 2.75) is 0 Å². The number of H-pyrrole nitrogens is 1. The Morgan fingerprint density at radius 1 is 1.40 bits per heavy atom. The number of hydrogen-bond donors (Lipinski definition) is 1. The van der Waals surface area contributed by atoms with Crippen LogP contribution in [-0.4, -0.2) is 22.1 Å². The van der Waals surface area contributed by atoms with Gasteiger partial charge in [-0.15, -0.1) is 0 Å². The number of methoxy groups -OCH3 is 1. The second kappa shape index (κ2) is 4.18. The molecule has 0 amide bonds. The Morgan fingerprint density at radius 3 is 3.00 bits per heavy atom. The van der Waals surface area contributed by atoms with E-state index in [0.717, 1.165) is 5.69 Å². The molecule has 0 aromatic carbocycles. The molecule has 0 saturated carbocycles. The quantitative estimate of drug-likeness (QED) is 0.787. The maximum Gasteiger partial charge on any atom is 0.146 e. The number of nitrogens with zero attached hydrogens (tertiary/aromatic N) is 2. The van der Waals surface area contributed by atoms with Crippen LogP contribution >= 0.6 is 12.2 Å². The van der Waals surface area contributed by atoms with Crippen molar-refractivity contribution in [3.8, 4) is 17.1 Å². The first kappa shape index (κ1) is 9.79. The van der Waals surface area contributed by atoms with Crippen molar-refractivity contribution in [1.29, 1.82) is 0 Å². The molecule has 2 aromatic heterocycles. The van der Waals surface area contributed by atoms with Gasteiger partial charge in [0.1, 0.15) is 16.1 Å². The SMILES string of the molecule is COc1cccnc1-c1cncc(=S)[nH]1. The minimum atomic E-state index is 0.570. The highest BCUT2D eigenvalue weighted by Crippen LogP contribution is 2.24. The number of hydrogen-bond acceptors (Lipinski definition) is 4. The molecule has 5 heteroatoms. The molecule has 0 aliphatic rings. The summed E-state index contributed by atoms with van der Waals surface area (Å²) in [6.07, 6.45) is 4.94. The maximum absolute atomic E-state index is 5.20. The first-order chi connectivity index (χ1) is 7.31. The first-order valence-electron chi connectivity index (χ1n) is 4.35. The summed E-state index contributed by atoms with van der Waals surface area (Å²) >= 11 is 4.99. The Kier molecular flexibility index (Phi) is 2.73. The summed E-state index contributed by atoms with van der Waals surface area (Å²) in [4.78, 5) is 11.2. The van der Waals surface area contributed by atoms with Crippen LogP contribution in [0.4, 0.5) is 0 Å². The molecule has 15 heavy (non-hydrogen) atoms. The average Bonchev–Trinajstić information content (AvgIpc) is 2.29. The van der Waals surface area contributed by atoms with Crippen LogP contribution in [0.25, 0.3) is 11.4 Å². The smallest absolute Gasteiger partial charge is 0.146 e. The summed E-state index contributed by atoms with van der Waals surface area (Å²) in [6, 6.07) is 3.65. The Labute approximate surface area is 92.0 Å². The molecule has 1 N–H and O–H groups in total. The molecule has 2 rings (SSSR count). The summed E-state index contributed by atoms with van der Waals surface area (Å²) in [6.45, 7) is 0. The molecule has 0 unspecified atom stereocenters. The largest absolute Gasteiger partial charge is 0.494 e. The van der Waals surface area contributed by atoms with Gasteiger partial charge in [-0.3, -0.25) is 9.97 Å². The number of nitrogens with one attached hydrogen (secondary N) is 1. The van der Waals surface area contributed by atoms with Crippen LogP contribution in [0.15, 0.2) is 30.7 Å². The van der Waals surface area contributed by atoms with E-state index < -0.39 is 0 Å². The zero-order valence-corrected chi connectivity index (χ0v) is 8.91. The lowest BCUT2D eigenvalue weighted by Gasteiger charge is -2.05. The van der Waals surface area contributed by atoms with E-state index in [1.165, 1.54) is 0 Å². The lowest BCUT2D eigenvalue weighted by Crippen LogP contribution is -1.93. The molecule has 0 aliphatic carbocycles. The van der Waals surface area contributed by atoms with E-state index in [1.807, 2.05) is 12.1 Å². The number of aromatic amines is 1. The fraction of sp³-hybridized carbons (Fsp3) is 0.100. The van der Waals surface area contributed by atoms with Crippen molar-refractivity contribution in [3.05, 3.63) is 35.4 Å². The van der Waals surface area contributed by atoms with Gasteiger partial charge in [-0.2, -0.15) is 0 Å². The molecule has 76 valence electrons. The zero-order valence-electron chi connectivity index (χ0n) is 8.10. The van der Waals surface area contributed by atoms with E-state index in [2.05, 4.69) is 15.0 Å². The van der Waals surface area contributed by atoms with Crippen molar-refractivity contribution >= 4 is 12.2 Å². The molecule has 4 nitrogen and oxygen atoms in total. The van der Waals surface area contributed by atoms with E-state index >= 15 is 0 Å². The predicted octanol–water partition coefficient (Wildman–Crippen LogP) is 2.21. The first-order valence-corrected chi connectivity index (χ1v) is 4.76. The van der Waals surface area contributed by atoms with Crippen LogP contribution in [0.5, 0.6) is 5.75 Å². The number of aromatic nitrogens is 3. The van der Waals surface area contributed by atoms with E-state index in [-0.39, 0.29) is 0 Å². The average molecular weight is 219 g/mol. The van der Waals surface area contributed by atoms with Gasteiger partial charge >= 0.3 is 0 Å². The Bertz CT molecular complexity index is 524. The molecular formula is C10H9N3OS. The van der Waals surface area contributed by atoms with E-state index in [0.29, 0.717) is 16.1 Å². The van der Waals surface area contributed by atoms with Crippen LogP contribution in [0.3, 0.4) is 0 Å². The molecule has 0 atom stereocenters. The van der Waals surface area contributed by atoms with Crippen LogP contribution < -0.4 is 4.74 Å². The molecule has 0 saturated heterocycles. The van der Waals surface area contributed by atoms with E-state index in [9.17, 15) is 0 Å². The van der Waals surface area contributed by atoms with Gasteiger partial charge in [0.15, 0.2) is 0 Å². The van der Waals surface area contributed by atoms with Crippen molar-refractivity contribution in [3.63, 3.8) is 0 Å². The minimum absolute atomic E-state index is 0.570. The molecule has 0 bridgehead atoms. The fourth-order valence-corrected chi connectivity index (χ4v) is 1.43. The van der Waals surface area contributed by atoms with Crippen molar-refractivity contribution in [1.82, 2.24) is 15.0 Å². The van der Waals surface area contributed by atoms with Crippen molar-refractivity contribution in [2.24, 2.45) is 0 Å². The van der Waals surface area contributed by atoms with E-state index in [4.69, 9.17) is 17.0 Å². The summed E-state index contributed by atoms with van der Waals surface area (Å²) in [5.74, 6) is 0.691. The number of ether oxygens (including phenoxy) is 1. The van der Waals surface area contributed by atoms with Crippen molar-refractivity contribution in [2.75, 3.05) is 7.11 Å². The summed E-state index contributed by atoms with van der Waals surface area (Å²) in [5.41, 5.74) is 1.46. The lowest BCUT2D eigenvalue weighted by atomic mass is 10.2. The monoisotopic (exact) mass is 219 g/mol. The van der Waals surface area contributed by atoms with Crippen LogP contribution in [0.1, 0.15) is 0 Å². The summed E-state index contributed by atoms with van der Waals surface area (Å²) < 4.78 is 5.76. The minimum Gasteiger partial charge on any atom is -0.494 e. The number of pyridine rings is 1.